The van der Waals surface area contributed by atoms with Gasteiger partial charge in [0.2, 0.25) is 5.91 Å². The molecule has 1 amide bonds. The molecule has 0 N–H and O–H groups in total. The average molecular weight is 368 g/mol. The highest BCUT2D eigenvalue weighted by atomic mass is 31.1. The van der Waals surface area contributed by atoms with Crippen LogP contribution in [0.25, 0.3) is 11.1 Å². The second-order valence-electron chi connectivity index (χ2n) is 7.26. The van der Waals surface area contributed by atoms with E-state index >= 15 is 0 Å². The number of carbonyl (C=O) groups excluding carboxylic acids is 1. The van der Waals surface area contributed by atoms with Crippen LogP contribution in [0.1, 0.15) is 23.6 Å². The van der Waals surface area contributed by atoms with Crippen LogP contribution in [0.15, 0.2) is 84.0 Å². The minimum absolute atomic E-state index is 0.0378. The van der Waals surface area contributed by atoms with Gasteiger partial charge in [-0.05, 0) is 27.8 Å². The van der Waals surface area contributed by atoms with E-state index < -0.39 is 8.07 Å². The number of hydrogen-bond donors (Lipinski definition) is 0. The predicted molar refractivity (Wildman–Crippen MR) is 109 cm³/mol. The number of hydrazone groups is 1. The number of hydrogen-bond acceptors (Lipinski definition) is 2. The van der Waals surface area contributed by atoms with E-state index in [9.17, 15) is 4.79 Å². The van der Waals surface area contributed by atoms with Crippen LogP contribution in [0, 0.1) is 0 Å². The van der Waals surface area contributed by atoms with Gasteiger partial charge in [-0.25, -0.2) is 4.78 Å². The molecule has 3 aliphatic rings. The summed E-state index contributed by atoms with van der Waals surface area (Å²) < 4.78 is 1.79. The molecule has 1 aliphatic carbocycles. The Kier molecular flexibility index (Phi) is 2.92. The molecule has 0 aromatic heterocycles. The number of rotatable bonds is 1. The molecule has 4 heteroatoms. The van der Waals surface area contributed by atoms with Crippen molar-refractivity contribution in [3.05, 3.63) is 95.6 Å². The summed E-state index contributed by atoms with van der Waals surface area (Å²) in [6, 6.07) is 27.7. The Labute approximate surface area is 159 Å². The molecule has 1 spiro atoms. The summed E-state index contributed by atoms with van der Waals surface area (Å²) in [5, 5.41) is 4.67. The summed E-state index contributed by atoms with van der Waals surface area (Å²) in [5.74, 6) is 0.0378. The number of fused-ring (bicyclic) bond motifs is 8. The lowest BCUT2D eigenvalue weighted by atomic mass is 9.89. The van der Waals surface area contributed by atoms with Gasteiger partial charge in [0.25, 0.3) is 0 Å². The third-order valence-corrected chi connectivity index (χ3v) is 9.00. The molecule has 1 fully saturated rings. The summed E-state index contributed by atoms with van der Waals surface area (Å²) in [4.78, 5) is 12.5. The van der Waals surface area contributed by atoms with E-state index in [2.05, 4.69) is 60.7 Å². The number of amides is 1. The first-order chi connectivity index (χ1) is 13.2. The lowest BCUT2D eigenvalue weighted by Gasteiger charge is -2.22. The minimum atomic E-state index is -0.743. The van der Waals surface area contributed by atoms with E-state index in [1.54, 1.807) is 11.7 Å². The molecule has 3 aromatic rings. The Bertz CT molecular complexity index is 1090. The topological polar surface area (TPSA) is 32.7 Å². The first-order valence-corrected chi connectivity index (χ1v) is 10.5. The zero-order valence-electron chi connectivity index (χ0n) is 14.8. The van der Waals surface area contributed by atoms with Gasteiger partial charge in [0, 0.05) is 15.0 Å². The van der Waals surface area contributed by atoms with E-state index in [1.807, 2.05) is 18.2 Å². The van der Waals surface area contributed by atoms with Gasteiger partial charge in [-0.2, -0.15) is 5.10 Å². The van der Waals surface area contributed by atoms with Crippen molar-refractivity contribution in [3.8, 4) is 11.1 Å². The van der Waals surface area contributed by atoms with Crippen LogP contribution < -0.4 is 0 Å². The molecule has 0 bridgehead atoms. The highest BCUT2D eigenvalue weighted by Gasteiger charge is 2.77. The minimum Gasteiger partial charge on any atom is -0.273 e. The fourth-order valence-corrected chi connectivity index (χ4v) is 8.33. The van der Waals surface area contributed by atoms with Crippen LogP contribution in [0.2, 0.25) is 0 Å². The maximum Gasteiger partial charge on any atom is 0.242 e. The van der Waals surface area contributed by atoms with Crippen LogP contribution in [-0.4, -0.2) is 22.1 Å². The van der Waals surface area contributed by atoms with Crippen molar-refractivity contribution in [1.82, 2.24) is 4.78 Å². The average Bonchev–Trinajstić information content (AvgIpc) is 3.06. The lowest BCUT2D eigenvalue weighted by Crippen LogP contribution is -2.24. The first kappa shape index (κ1) is 15.3. The maximum atomic E-state index is 12.5. The third kappa shape index (κ3) is 1.76. The Morgan fingerprint density at radius 3 is 2.04 bits per heavy atom. The smallest absolute Gasteiger partial charge is 0.242 e. The van der Waals surface area contributed by atoms with Gasteiger partial charge in [0.05, 0.1) is 16.5 Å². The van der Waals surface area contributed by atoms with E-state index in [0.29, 0.717) is 0 Å². The Morgan fingerprint density at radius 2 is 1.44 bits per heavy atom. The van der Waals surface area contributed by atoms with Gasteiger partial charge in [-0.15, -0.1) is 0 Å². The number of carbonyl (C=O) groups is 1. The molecule has 2 aliphatic heterocycles. The van der Waals surface area contributed by atoms with Gasteiger partial charge in [-0.1, -0.05) is 78.9 Å². The standard InChI is InChI=1S/C23H17N2OP/c1-15(26)25-24-21(16-9-3-2-4-10-16)22-23(27(22)25)19-13-7-5-11-17(19)18-12-6-8-14-20(18)23/h2-14,22H,1H3. The summed E-state index contributed by atoms with van der Waals surface area (Å²) >= 11 is 0. The van der Waals surface area contributed by atoms with Crippen molar-refractivity contribution in [2.45, 2.75) is 17.7 Å². The fourth-order valence-electron chi connectivity index (χ4n) is 4.89. The summed E-state index contributed by atoms with van der Waals surface area (Å²) in [6.45, 7) is 1.63. The molecular formula is C23H17N2OP. The van der Waals surface area contributed by atoms with Crippen LogP contribution in [0.3, 0.4) is 0 Å². The number of nitrogens with zero attached hydrogens (tertiary/aromatic N) is 2. The van der Waals surface area contributed by atoms with E-state index in [4.69, 9.17) is 5.10 Å². The zero-order valence-corrected chi connectivity index (χ0v) is 15.7. The second-order valence-corrected chi connectivity index (χ2v) is 9.55. The predicted octanol–water partition coefficient (Wildman–Crippen LogP) is 4.96. The zero-order chi connectivity index (χ0) is 18.2. The maximum absolute atomic E-state index is 12.5. The molecular weight excluding hydrogens is 351 g/mol. The highest BCUT2D eigenvalue weighted by molar-refractivity contribution is 7.68. The highest BCUT2D eigenvalue weighted by Crippen LogP contribution is 2.89. The second kappa shape index (κ2) is 5.15. The van der Waals surface area contributed by atoms with Crippen LogP contribution in [0.4, 0.5) is 0 Å². The van der Waals surface area contributed by atoms with Gasteiger partial charge < -0.3 is 0 Å². The Hall–Kier alpha value is -2.77. The fraction of sp³-hybridized carbons (Fsp3) is 0.130. The molecule has 130 valence electrons. The molecule has 6 rings (SSSR count). The van der Waals surface area contributed by atoms with E-state index in [0.717, 1.165) is 11.3 Å². The molecule has 2 unspecified atom stereocenters. The van der Waals surface area contributed by atoms with Crippen molar-refractivity contribution in [2.75, 3.05) is 0 Å². The number of benzene rings is 3. The molecule has 3 aromatic carbocycles. The van der Waals surface area contributed by atoms with Gasteiger partial charge in [0.1, 0.15) is 0 Å². The van der Waals surface area contributed by atoms with Gasteiger partial charge in [0.15, 0.2) is 0 Å². The van der Waals surface area contributed by atoms with E-state index in [1.165, 1.54) is 22.3 Å². The lowest BCUT2D eigenvalue weighted by molar-refractivity contribution is -0.124. The monoisotopic (exact) mass is 368 g/mol. The van der Waals surface area contributed by atoms with Crippen LogP contribution >= 0.6 is 8.07 Å². The molecule has 2 heterocycles. The van der Waals surface area contributed by atoms with Crippen LogP contribution in [-0.2, 0) is 9.95 Å². The largest absolute Gasteiger partial charge is 0.273 e. The Balaban J connectivity index is 1.62. The quantitative estimate of drug-likeness (QED) is 0.559. The SMILES string of the molecule is CC(=O)N1N=C(c2ccccc2)C2P1C21c2ccccc2-c2ccccc21. The first-order valence-electron chi connectivity index (χ1n) is 9.18. The van der Waals surface area contributed by atoms with Gasteiger partial charge >= 0.3 is 0 Å². The molecule has 2 atom stereocenters. The summed E-state index contributed by atoms with van der Waals surface area (Å²) in [5.41, 5.74) is 7.78. The van der Waals surface area contributed by atoms with Crippen molar-refractivity contribution >= 4 is 19.7 Å². The summed E-state index contributed by atoms with van der Waals surface area (Å²) in [6.07, 6.45) is 0. The molecule has 0 saturated carbocycles. The Morgan fingerprint density at radius 1 is 0.889 bits per heavy atom. The van der Waals surface area contributed by atoms with Crippen molar-refractivity contribution < 1.29 is 4.79 Å². The third-order valence-electron chi connectivity index (χ3n) is 5.92. The van der Waals surface area contributed by atoms with Crippen LogP contribution in [0.5, 0.6) is 0 Å². The normalized spacial score (nSPS) is 22.9. The van der Waals surface area contributed by atoms with Crippen molar-refractivity contribution in [2.24, 2.45) is 5.10 Å². The molecule has 3 nitrogen and oxygen atoms in total. The molecule has 1 saturated heterocycles. The molecule has 27 heavy (non-hydrogen) atoms. The molecule has 0 radical (unpaired) electrons. The van der Waals surface area contributed by atoms with E-state index in [-0.39, 0.29) is 16.7 Å². The van der Waals surface area contributed by atoms with Crippen molar-refractivity contribution in [3.63, 3.8) is 0 Å². The summed E-state index contributed by atoms with van der Waals surface area (Å²) in [7, 11) is -0.743. The van der Waals surface area contributed by atoms with Crippen molar-refractivity contribution in [1.29, 1.82) is 0 Å². The van der Waals surface area contributed by atoms with Gasteiger partial charge in [-0.3, -0.25) is 4.79 Å².